The first kappa shape index (κ1) is 20.6. The van der Waals surface area contributed by atoms with Crippen molar-refractivity contribution < 1.29 is 14.8 Å². The zero-order chi connectivity index (χ0) is 21.8. The summed E-state index contributed by atoms with van der Waals surface area (Å²) in [5.74, 6) is -1.30. The highest BCUT2D eigenvalue weighted by Crippen LogP contribution is 2.15. The molecule has 5 nitrogen and oxygen atoms in total. The number of aromatic amines is 1. The standard InChI is InChI=1S/C26H24N2O3/c1-18-23(25(29)21-13-8-14-22(26(30)31)24(21)27-18)17-28(15-19-9-4-2-5-10-19)16-20-11-6-3-7-12-20/h2-14H,15-17H2,1H3,(H,27,29)(H,30,31). The van der Waals surface area contributed by atoms with Crippen LogP contribution in [0.2, 0.25) is 0 Å². The summed E-state index contributed by atoms with van der Waals surface area (Å²) >= 11 is 0. The fraction of sp³-hybridized carbons (Fsp3) is 0.154. The molecule has 0 aliphatic heterocycles. The second kappa shape index (κ2) is 8.98. The van der Waals surface area contributed by atoms with Crippen LogP contribution in [0.15, 0.2) is 83.7 Å². The van der Waals surface area contributed by atoms with Gasteiger partial charge in [0, 0.05) is 27.8 Å². The lowest BCUT2D eigenvalue weighted by molar-refractivity contribution is -0.941. The maximum Gasteiger partial charge on any atom is 0.198 e. The van der Waals surface area contributed by atoms with E-state index < -0.39 is 5.97 Å². The molecule has 0 bridgehead atoms. The molecular weight excluding hydrogens is 388 g/mol. The van der Waals surface area contributed by atoms with Gasteiger partial charge in [-0.2, -0.15) is 0 Å². The second-order valence-electron chi connectivity index (χ2n) is 7.82. The van der Waals surface area contributed by atoms with Crippen molar-refractivity contribution in [2.24, 2.45) is 0 Å². The fourth-order valence-corrected chi connectivity index (χ4v) is 4.06. The van der Waals surface area contributed by atoms with E-state index in [2.05, 4.69) is 29.2 Å². The van der Waals surface area contributed by atoms with Crippen molar-refractivity contribution in [1.82, 2.24) is 4.98 Å². The number of aromatic carboxylic acids is 1. The number of H-pyrrole nitrogens is 1. The number of aryl methyl sites for hydroxylation is 1. The van der Waals surface area contributed by atoms with Gasteiger partial charge in [0.2, 0.25) is 0 Å². The van der Waals surface area contributed by atoms with E-state index in [4.69, 9.17) is 0 Å². The zero-order valence-corrected chi connectivity index (χ0v) is 17.4. The van der Waals surface area contributed by atoms with Gasteiger partial charge >= 0.3 is 0 Å². The lowest BCUT2D eigenvalue weighted by Crippen LogP contribution is -3.08. The van der Waals surface area contributed by atoms with Crippen LogP contribution >= 0.6 is 0 Å². The van der Waals surface area contributed by atoms with E-state index in [0.717, 1.165) is 13.1 Å². The molecular formula is C26H24N2O3. The number of carbonyl (C=O) groups is 1. The lowest BCUT2D eigenvalue weighted by Gasteiger charge is -2.21. The Morgan fingerprint density at radius 2 is 1.42 bits per heavy atom. The summed E-state index contributed by atoms with van der Waals surface area (Å²) in [6.07, 6.45) is 0. The van der Waals surface area contributed by atoms with Crippen LogP contribution in [0.3, 0.4) is 0 Å². The maximum atomic E-state index is 13.3. The summed E-state index contributed by atoms with van der Waals surface area (Å²) in [4.78, 5) is 29.2. The average Bonchev–Trinajstić information content (AvgIpc) is 2.77. The molecule has 4 aromatic rings. The first-order valence-corrected chi connectivity index (χ1v) is 10.3. The van der Waals surface area contributed by atoms with E-state index in [0.29, 0.717) is 28.7 Å². The molecule has 0 aliphatic rings. The number of carbonyl (C=O) groups excluding carboxylic acids is 1. The minimum Gasteiger partial charge on any atom is -0.545 e. The number of fused-ring (bicyclic) bond motifs is 1. The Labute approximate surface area is 180 Å². The van der Waals surface area contributed by atoms with Crippen LogP contribution in [0.25, 0.3) is 10.9 Å². The number of benzene rings is 3. The number of rotatable bonds is 7. The Balaban J connectivity index is 1.73. The molecule has 0 spiro atoms. The Morgan fingerprint density at radius 3 is 1.97 bits per heavy atom. The van der Waals surface area contributed by atoms with Gasteiger partial charge in [-0.15, -0.1) is 0 Å². The Morgan fingerprint density at radius 1 is 0.839 bits per heavy atom. The minimum atomic E-state index is -1.30. The summed E-state index contributed by atoms with van der Waals surface area (Å²) in [6, 6.07) is 25.1. The van der Waals surface area contributed by atoms with Gasteiger partial charge in [0.15, 0.2) is 5.43 Å². The summed E-state index contributed by atoms with van der Waals surface area (Å²) in [5.41, 5.74) is 3.94. The molecule has 3 aromatic carbocycles. The molecule has 0 aliphatic carbocycles. The first-order chi connectivity index (χ1) is 15.0. The highest BCUT2D eigenvalue weighted by Gasteiger charge is 2.18. The number of hydrogen-bond acceptors (Lipinski definition) is 3. The van der Waals surface area contributed by atoms with Gasteiger partial charge in [0.25, 0.3) is 0 Å². The SMILES string of the molecule is Cc1[nH]c2c(C(=O)[O-])cccc2c(=O)c1C[NH+](Cc1ccccc1)Cc1ccccc1. The smallest absolute Gasteiger partial charge is 0.198 e. The first-order valence-electron chi connectivity index (χ1n) is 10.3. The second-order valence-corrected chi connectivity index (χ2v) is 7.82. The van der Waals surface area contributed by atoms with E-state index in [-0.39, 0.29) is 11.0 Å². The highest BCUT2D eigenvalue weighted by atomic mass is 16.4. The molecule has 0 radical (unpaired) electrons. The quantitative estimate of drug-likeness (QED) is 0.487. The van der Waals surface area contributed by atoms with Crippen molar-refractivity contribution in [2.75, 3.05) is 0 Å². The minimum absolute atomic E-state index is 0.00187. The van der Waals surface area contributed by atoms with Crippen molar-refractivity contribution in [3.63, 3.8) is 0 Å². The van der Waals surface area contributed by atoms with E-state index in [9.17, 15) is 14.7 Å². The van der Waals surface area contributed by atoms with Gasteiger partial charge in [0.1, 0.15) is 19.6 Å². The molecule has 1 heterocycles. The van der Waals surface area contributed by atoms with Gasteiger partial charge in [-0.05, 0) is 13.0 Å². The number of quaternary nitrogens is 1. The molecule has 2 N–H and O–H groups in total. The zero-order valence-electron chi connectivity index (χ0n) is 17.4. The molecule has 156 valence electrons. The number of hydrogen-bond donors (Lipinski definition) is 2. The third-order valence-corrected chi connectivity index (χ3v) is 5.59. The molecule has 0 unspecified atom stereocenters. The molecule has 4 rings (SSSR count). The number of carboxylic acids is 1. The van der Waals surface area contributed by atoms with E-state index in [1.54, 1.807) is 12.1 Å². The number of para-hydroxylation sites is 1. The van der Waals surface area contributed by atoms with Crippen LogP contribution in [-0.2, 0) is 19.6 Å². The predicted molar refractivity (Wildman–Crippen MR) is 119 cm³/mol. The third-order valence-electron chi connectivity index (χ3n) is 5.59. The normalized spacial score (nSPS) is 11.2. The van der Waals surface area contributed by atoms with Crippen LogP contribution in [-0.4, -0.2) is 11.0 Å². The van der Waals surface area contributed by atoms with Crippen LogP contribution in [0.4, 0.5) is 0 Å². The van der Waals surface area contributed by atoms with Crippen LogP contribution < -0.4 is 15.4 Å². The number of aromatic nitrogens is 1. The van der Waals surface area contributed by atoms with E-state index >= 15 is 0 Å². The van der Waals surface area contributed by atoms with Gasteiger partial charge < -0.3 is 19.8 Å². The van der Waals surface area contributed by atoms with Crippen molar-refractivity contribution in [3.8, 4) is 0 Å². The molecule has 0 saturated carbocycles. The molecule has 0 saturated heterocycles. The number of carboxylic acid groups (broad SMARTS) is 1. The Hall–Kier alpha value is -3.70. The monoisotopic (exact) mass is 412 g/mol. The van der Waals surface area contributed by atoms with E-state index in [1.807, 2.05) is 43.3 Å². The Kier molecular flexibility index (Phi) is 5.96. The highest BCUT2D eigenvalue weighted by molar-refractivity contribution is 6.00. The fourth-order valence-electron chi connectivity index (χ4n) is 4.06. The third kappa shape index (κ3) is 4.57. The van der Waals surface area contributed by atoms with E-state index in [1.165, 1.54) is 22.1 Å². The Bertz CT molecular complexity index is 1220. The summed E-state index contributed by atoms with van der Waals surface area (Å²) < 4.78 is 0. The molecule has 0 fully saturated rings. The number of nitrogens with one attached hydrogen (secondary N) is 2. The molecule has 1 aromatic heterocycles. The van der Waals surface area contributed by atoms with Gasteiger partial charge in [-0.1, -0.05) is 72.8 Å². The topological polar surface area (TPSA) is 77.4 Å². The van der Waals surface area contributed by atoms with Crippen molar-refractivity contribution in [2.45, 2.75) is 26.6 Å². The summed E-state index contributed by atoms with van der Waals surface area (Å²) in [5, 5.41) is 11.8. The summed E-state index contributed by atoms with van der Waals surface area (Å²) in [6.45, 7) is 3.89. The lowest BCUT2D eigenvalue weighted by atomic mass is 10.0. The molecule has 31 heavy (non-hydrogen) atoms. The predicted octanol–water partition coefficient (Wildman–Crippen LogP) is 1.99. The molecule has 0 amide bonds. The van der Waals surface area contributed by atoms with Gasteiger partial charge in [-0.25, -0.2) is 0 Å². The van der Waals surface area contributed by atoms with Crippen molar-refractivity contribution in [3.05, 3.63) is 117 Å². The number of pyridine rings is 1. The molecule has 5 heteroatoms. The van der Waals surface area contributed by atoms with Gasteiger partial charge in [-0.3, -0.25) is 4.79 Å². The molecule has 0 atom stereocenters. The maximum absolute atomic E-state index is 13.3. The van der Waals surface area contributed by atoms with Gasteiger partial charge in [0.05, 0.1) is 17.0 Å². The summed E-state index contributed by atoms with van der Waals surface area (Å²) in [7, 11) is 0. The van der Waals surface area contributed by atoms with Crippen LogP contribution in [0, 0.1) is 6.92 Å². The van der Waals surface area contributed by atoms with Crippen molar-refractivity contribution >= 4 is 16.9 Å². The van der Waals surface area contributed by atoms with Crippen LogP contribution in [0.5, 0.6) is 0 Å². The average molecular weight is 412 g/mol. The van der Waals surface area contributed by atoms with Crippen LogP contribution in [0.1, 0.15) is 32.7 Å². The van der Waals surface area contributed by atoms with Crippen molar-refractivity contribution in [1.29, 1.82) is 0 Å². The largest absolute Gasteiger partial charge is 0.545 e.